The Bertz CT molecular complexity index is 1500. The minimum atomic E-state index is -0.425. The summed E-state index contributed by atoms with van der Waals surface area (Å²) in [7, 11) is 4.18. The first-order valence-corrected chi connectivity index (χ1v) is 22.6. The van der Waals surface area contributed by atoms with E-state index in [2.05, 4.69) is 80.3 Å². The third-order valence-electron chi connectivity index (χ3n) is 13.0. The van der Waals surface area contributed by atoms with Crippen LogP contribution in [0, 0.1) is 35.5 Å². The number of ether oxygens (including phenoxy) is 2. The van der Waals surface area contributed by atoms with Gasteiger partial charge >= 0.3 is 0 Å². The van der Waals surface area contributed by atoms with Gasteiger partial charge in [-0.25, -0.2) is 4.98 Å². The Balaban J connectivity index is 0.00000428. The minimum absolute atomic E-state index is 0.0447. The van der Waals surface area contributed by atoms with Gasteiger partial charge in [0.2, 0.25) is 5.91 Å². The van der Waals surface area contributed by atoms with Crippen molar-refractivity contribution in [2.24, 2.45) is 35.5 Å². The predicted octanol–water partition coefficient (Wildman–Crippen LogP) is 9.96. The lowest BCUT2D eigenvalue weighted by Gasteiger charge is -2.41. The van der Waals surface area contributed by atoms with Crippen molar-refractivity contribution in [2.45, 2.75) is 177 Å². The highest BCUT2D eigenvalue weighted by Crippen LogP contribution is 2.36. The number of allylic oxidation sites excluding steroid dienone is 5. The highest BCUT2D eigenvalue weighted by atomic mass is 16.7. The molecule has 1 aromatic heterocycles. The molecule has 0 radical (unpaired) electrons. The number of aryl methyl sites for hydroxylation is 1. The molecule has 57 heavy (non-hydrogen) atoms. The van der Waals surface area contributed by atoms with Crippen molar-refractivity contribution in [3.63, 3.8) is 0 Å². The molecule has 0 bridgehead atoms. The average molecular weight is 793 g/mol. The third-order valence-corrected chi connectivity index (χ3v) is 13.0. The third kappa shape index (κ3) is 13.6. The van der Waals surface area contributed by atoms with Gasteiger partial charge in [0.15, 0.2) is 6.29 Å². The second-order valence-corrected chi connectivity index (χ2v) is 17.5. The maximum absolute atomic E-state index is 14.5. The quantitative estimate of drug-likeness (QED) is 0.154. The van der Waals surface area contributed by atoms with Crippen LogP contribution in [0.5, 0.6) is 0 Å². The minimum Gasteiger partial charge on any atom is -0.350 e. The molecule has 3 aliphatic rings. The molecular weight excluding hydrogens is 713 g/mol. The summed E-state index contributed by atoms with van der Waals surface area (Å²) in [5.74, 6) is -0.813. The summed E-state index contributed by atoms with van der Waals surface area (Å²) in [5.41, 5.74) is 3.09. The molecule has 0 aromatic carbocycles. The SMILES string of the molecule is C=C1C[C@H](CC)C[C@H](N(CCCCn2cnc(C3=CCCC=C3)c2)C(=O)CC)[C@@H](C)C(=O)[C@H](C)C[C@H](C)[C@H](O[C@H]2C[C@@H](N(C)C)C[C@@H](C)O2)[C@@H](C)C(=O)[C@H]1C.CC. The summed E-state index contributed by atoms with van der Waals surface area (Å²) < 4.78 is 15.3. The molecule has 1 amide bonds. The molecule has 4 rings (SSSR count). The number of hydrogen-bond acceptors (Lipinski definition) is 7. The van der Waals surface area contributed by atoms with Gasteiger partial charge < -0.3 is 23.8 Å². The molecule has 2 fully saturated rings. The number of aromatic nitrogens is 2. The molecule has 9 nitrogen and oxygen atoms in total. The number of hydrogen-bond donors (Lipinski definition) is 0. The fourth-order valence-electron chi connectivity index (χ4n) is 9.28. The zero-order chi connectivity index (χ0) is 42.4. The summed E-state index contributed by atoms with van der Waals surface area (Å²) in [5, 5.41) is 0. The van der Waals surface area contributed by atoms with E-state index in [1.54, 1.807) is 0 Å². The maximum Gasteiger partial charge on any atom is 0.222 e. The van der Waals surface area contributed by atoms with Crippen LogP contribution in [0.25, 0.3) is 5.57 Å². The highest BCUT2D eigenvalue weighted by Gasteiger charge is 2.41. The van der Waals surface area contributed by atoms with Gasteiger partial charge in [-0.3, -0.25) is 14.4 Å². The molecular formula is C48H80N4O5. The zero-order valence-electron chi connectivity index (χ0n) is 38.0. The van der Waals surface area contributed by atoms with Crippen molar-refractivity contribution in [1.82, 2.24) is 19.4 Å². The van der Waals surface area contributed by atoms with E-state index in [9.17, 15) is 14.4 Å². The smallest absolute Gasteiger partial charge is 0.222 e. The fraction of sp³-hybridized carbons (Fsp3) is 0.750. The number of imidazole rings is 1. The second kappa shape index (κ2) is 23.6. The summed E-state index contributed by atoms with van der Waals surface area (Å²) in [6.45, 7) is 26.2. The summed E-state index contributed by atoms with van der Waals surface area (Å²) in [6, 6.07) is 0.0891. The first kappa shape index (κ1) is 48.5. The standard InChI is InChI=1S/C46H74N4O5.C2H6/c1-12-37-24-30(3)34(7)45(53)36(9)46(55-43-27-39(48(10)11)25-33(6)54-43)32(5)23-31(4)44(52)35(8)41(26-37)50(42(51)13-2)22-18-17-21-49-28-40(47-29-49)38-19-15-14-16-20-38;1-2/h15,19-20,28-29,31-37,39,41,43,46H,3,12-14,16-18,21-27H2,1-2,4-11H3;1-2H3/t31-,32+,33-,34+,35-,36+,37+,39+,41+,43+,46+;/m1./s1. The van der Waals surface area contributed by atoms with E-state index >= 15 is 0 Å². The lowest BCUT2D eigenvalue weighted by Crippen LogP contribution is -2.49. The number of unbranched alkanes of at least 4 members (excludes halogenated alkanes) is 1. The molecule has 1 aliphatic heterocycles. The van der Waals surface area contributed by atoms with Gasteiger partial charge in [0.1, 0.15) is 11.6 Å². The molecule has 1 saturated heterocycles. The molecule has 2 aliphatic carbocycles. The van der Waals surface area contributed by atoms with Gasteiger partial charge in [0, 0.05) is 67.9 Å². The largest absolute Gasteiger partial charge is 0.350 e. The van der Waals surface area contributed by atoms with Crippen molar-refractivity contribution in [3.8, 4) is 0 Å². The van der Waals surface area contributed by atoms with E-state index in [0.29, 0.717) is 38.3 Å². The van der Waals surface area contributed by atoms with E-state index in [1.165, 1.54) is 5.57 Å². The number of ketones is 2. The normalized spacial score (nSPS) is 32.0. The number of rotatable bonds is 12. The van der Waals surface area contributed by atoms with E-state index in [0.717, 1.165) is 62.8 Å². The Morgan fingerprint density at radius 1 is 0.965 bits per heavy atom. The number of nitrogens with zero attached hydrogens (tertiary/aromatic N) is 4. The number of carbonyl (C=O) groups is 3. The van der Waals surface area contributed by atoms with Crippen LogP contribution in [0.3, 0.4) is 0 Å². The van der Waals surface area contributed by atoms with Gasteiger partial charge in [-0.15, -0.1) is 0 Å². The number of Topliss-reactive ketones (excluding diaryl/α,β-unsaturated/α-hetero) is 2. The summed E-state index contributed by atoms with van der Waals surface area (Å²) in [4.78, 5) is 51.5. The Kier molecular flexibility index (Phi) is 20.1. The van der Waals surface area contributed by atoms with E-state index < -0.39 is 12.4 Å². The lowest BCUT2D eigenvalue weighted by molar-refractivity contribution is -0.236. The van der Waals surface area contributed by atoms with Gasteiger partial charge in [-0.05, 0) is 89.8 Å². The average Bonchev–Trinajstić information content (AvgIpc) is 3.69. The van der Waals surface area contributed by atoms with Crippen molar-refractivity contribution in [1.29, 1.82) is 0 Å². The first-order chi connectivity index (χ1) is 27.1. The Labute approximate surface area is 347 Å². The Hall–Kier alpha value is -2.88. The second-order valence-electron chi connectivity index (χ2n) is 17.5. The summed E-state index contributed by atoms with van der Waals surface area (Å²) >= 11 is 0. The molecule has 1 saturated carbocycles. The van der Waals surface area contributed by atoms with Gasteiger partial charge in [0.05, 0.1) is 24.2 Å². The van der Waals surface area contributed by atoms with Crippen LogP contribution in [0.15, 0.2) is 42.9 Å². The molecule has 0 N–H and O–H groups in total. The molecule has 11 atom stereocenters. The molecule has 0 spiro atoms. The number of amides is 1. The maximum atomic E-state index is 14.5. The van der Waals surface area contributed by atoms with Crippen LogP contribution in [0.4, 0.5) is 0 Å². The zero-order valence-corrected chi connectivity index (χ0v) is 38.0. The van der Waals surface area contributed by atoms with Crippen LogP contribution < -0.4 is 0 Å². The van der Waals surface area contributed by atoms with E-state index in [1.807, 2.05) is 59.7 Å². The van der Waals surface area contributed by atoms with Crippen molar-refractivity contribution in [3.05, 3.63) is 48.6 Å². The highest BCUT2D eigenvalue weighted by molar-refractivity contribution is 5.86. The molecule has 322 valence electrons. The van der Waals surface area contributed by atoms with Crippen LogP contribution in [0.1, 0.15) is 146 Å². The van der Waals surface area contributed by atoms with Crippen LogP contribution in [-0.2, 0) is 30.4 Å². The Morgan fingerprint density at radius 3 is 2.32 bits per heavy atom. The van der Waals surface area contributed by atoms with Crippen LogP contribution in [0.2, 0.25) is 0 Å². The monoisotopic (exact) mass is 793 g/mol. The van der Waals surface area contributed by atoms with Gasteiger partial charge in [0.25, 0.3) is 0 Å². The molecule has 0 unspecified atom stereocenters. The predicted molar refractivity (Wildman–Crippen MR) is 233 cm³/mol. The number of carbonyl (C=O) groups excluding carboxylic acids is 3. The molecule has 1 aromatic rings. The van der Waals surface area contributed by atoms with E-state index in [4.69, 9.17) is 9.47 Å². The first-order valence-electron chi connectivity index (χ1n) is 22.6. The topological polar surface area (TPSA) is 94.0 Å². The summed E-state index contributed by atoms with van der Waals surface area (Å²) in [6.07, 6.45) is 18.6. The van der Waals surface area contributed by atoms with Crippen LogP contribution >= 0.6 is 0 Å². The Morgan fingerprint density at radius 2 is 1.68 bits per heavy atom. The lowest BCUT2D eigenvalue weighted by atomic mass is 9.74. The molecule has 2 heterocycles. The van der Waals surface area contributed by atoms with Gasteiger partial charge in [-0.1, -0.05) is 99.1 Å². The fourth-order valence-corrected chi connectivity index (χ4v) is 9.28. The van der Waals surface area contributed by atoms with Crippen molar-refractivity contribution in [2.75, 3.05) is 20.6 Å². The van der Waals surface area contributed by atoms with Crippen molar-refractivity contribution >= 4 is 23.0 Å². The van der Waals surface area contributed by atoms with E-state index in [-0.39, 0.29) is 65.1 Å². The van der Waals surface area contributed by atoms with Gasteiger partial charge in [-0.2, -0.15) is 0 Å². The van der Waals surface area contributed by atoms with Crippen molar-refractivity contribution < 1.29 is 23.9 Å². The van der Waals surface area contributed by atoms with Crippen LogP contribution in [-0.4, -0.2) is 88.0 Å². The molecule has 9 heteroatoms.